The minimum Gasteiger partial charge on any atom is -0.348 e. The molecule has 1 amide bonds. The van der Waals surface area contributed by atoms with Crippen LogP contribution < -0.4 is 5.32 Å². The molecule has 1 atom stereocenters. The van der Waals surface area contributed by atoms with E-state index in [0.717, 1.165) is 27.5 Å². The van der Waals surface area contributed by atoms with Gasteiger partial charge in [-0.2, -0.15) is 5.10 Å². The fourth-order valence-corrected chi connectivity index (χ4v) is 7.43. The molecule has 1 aliphatic heterocycles. The molecular weight excluding hydrogens is 430 g/mol. The van der Waals surface area contributed by atoms with Gasteiger partial charge in [-0.3, -0.25) is 4.79 Å². The van der Waals surface area contributed by atoms with Crippen LogP contribution in [0.4, 0.5) is 0 Å². The van der Waals surface area contributed by atoms with Crippen molar-refractivity contribution >= 4 is 27.5 Å². The summed E-state index contributed by atoms with van der Waals surface area (Å²) < 4.78 is 25.4. The first-order valence-electron chi connectivity index (χ1n) is 10.2. The van der Waals surface area contributed by atoms with Crippen molar-refractivity contribution in [2.24, 2.45) is 0 Å². The van der Waals surface area contributed by atoms with Gasteiger partial charge in [-0.15, -0.1) is 11.8 Å². The Hall–Kier alpha value is -2.58. The van der Waals surface area contributed by atoms with Gasteiger partial charge in [-0.25, -0.2) is 13.1 Å². The summed E-state index contributed by atoms with van der Waals surface area (Å²) in [5.41, 5.74) is 4.41. The van der Waals surface area contributed by atoms with E-state index in [1.54, 1.807) is 6.07 Å². The van der Waals surface area contributed by atoms with E-state index in [9.17, 15) is 13.2 Å². The summed E-state index contributed by atoms with van der Waals surface area (Å²) in [6, 6.07) is 17.3. The average Bonchev–Trinajstić information content (AvgIpc) is 3.24. The second-order valence-corrected chi connectivity index (χ2v) is 11.3. The number of para-hydroxylation sites is 1. The van der Waals surface area contributed by atoms with Crippen LogP contribution >= 0.6 is 11.8 Å². The molecule has 0 saturated carbocycles. The molecule has 1 unspecified atom stereocenters. The minimum absolute atomic E-state index is 0.00690. The van der Waals surface area contributed by atoms with Crippen LogP contribution in [0.2, 0.25) is 0 Å². The Kier molecular flexibility index (Phi) is 6.20. The summed E-state index contributed by atoms with van der Waals surface area (Å²) in [5, 5.41) is 7.65. The molecule has 1 fully saturated rings. The van der Waals surface area contributed by atoms with Crippen LogP contribution in [-0.4, -0.2) is 40.9 Å². The molecular formula is C23H25N3O3S2. The molecule has 6 nitrogen and oxygen atoms in total. The first-order valence-corrected chi connectivity index (χ1v) is 12.9. The maximum atomic E-state index is 13.0. The summed E-state index contributed by atoms with van der Waals surface area (Å²) in [6.07, 6.45) is 0.625. The van der Waals surface area contributed by atoms with E-state index in [1.807, 2.05) is 67.1 Å². The quantitative estimate of drug-likeness (QED) is 0.613. The standard InChI is InChI=1S/C23H25N3O3S2/c1-16-21(17(2)26(25-16)18-8-4-3-5-9-18)14-24-23(27)20-10-6-7-11-22(20)30-19-12-13-31(28,29)15-19/h3-11,19H,12-15H2,1-2H3,(H,24,27). The number of carbonyl (C=O) groups is 1. The number of hydrogen-bond donors (Lipinski definition) is 1. The number of rotatable bonds is 6. The molecule has 0 bridgehead atoms. The van der Waals surface area contributed by atoms with Gasteiger partial charge in [0.2, 0.25) is 0 Å². The van der Waals surface area contributed by atoms with Crippen LogP contribution in [0.25, 0.3) is 5.69 Å². The molecule has 2 heterocycles. The smallest absolute Gasteiger partial charge is 0.252 e. The van der Waals surface area contributed by atoms with Crippen LogP contribution in [0.1, 0.15) is 33.7 Å². The normalized spacial score (nSPS) is 17.5. The molecule has 0 aliphatic carbocycles. The summed E-state index contributed by atoms with van der Waals surface area (Å²) in [4.78, 5) is 13.8. The second-order valence-electron chi connectivity index (χ2n) is 7.72. The number of aromatic nitrogens is 2. The molecule has 0 spiro atoms. The van der Waals surface area contributed by atoms with Gasteiger partial charge in [0.15, 0.2) is 9.84 Å². The number of amides is 1. The molecule has 1 aliphatic rings. The molecule has 4 rings (SSSR count). The van der Waals surface area contributed by atoms with Crippen LogP contribution in [0, 0.1) is 13.8 Å². The van der Waals surface area contributed by atoms with Crippen LogP contribution in [-0.2, 0) is 16.4 Å². The third-order valence-electron chi connectivity index (χ3n) is 5.48. The van der Waals surface area contributed by atoms with Crippen LogP contribution in [0.5, 0.6) is 0 Å². The van der Waals surface area contributed by atoms with E-state index in [1.165, 1.54) is 11.8 Å². The van der Waals surface area contributed by atoms with Crippen molar-refractivity contribution in [2.75, 3.05) is 11.5 Å². The number of thioether (sulfide) groups is 1. The third-order valence-corrected chi connectivity index (χ3v) is 8.81. The van der Waals surface area contributed by atoms with Gasteiger partial charge in [0, 0.05) is 27.9 Å². The van der Waals surface area contributed by atoms with Gasteiger partial charge in [-0.1, -0.05) is 30.3 Å². The predicted molar refractivity (Wildman–Crippen MR) is 124 cm³/mol. The maximum absolute atomic E-state index is 13.0. The predicted octanol–water partition coefficient (Wildman–Crippen LogP) is 3.70. The summed E-state index contributed by atoms with van der Waals surface area (Å²) in [7, 11) is -2.96. The number of carbonyl (C=O) groups excluding carboxylic acids is 1. The zero-order valence-electron chi connectivity index (χ0n) is 17.5. The van der Waals surface area contributed by atoms with Gasteiger partial charge < -0.3 is 5.32 Å². The van der Waals surface area contributed by atoms with Crippen molar-refractivity contribution in [2.45, 2.75) is 37.0 Å². The highest BCUT2D eigenvalue weighted by atomic mass is 32.2. The van der Waals surface area contributed by atoms with Crippen molar-refractivity contribution in [1.29, 1.82) is 0 Å². The highest BCUT2D eigenvalue weighted by Gasteiger charge is 2.29. The third kappa shape index (κ3) is 4.85. The van der Waals surface area contributed by atoms with Crippen molar-refractivity contribution in [3.8, 4) is 5.69 Å². The van der Waals surface area contributed by atoms with Gasteiger partial charge in [-0.05, 0) is 44.5 Å². The monoisotopic (exact) mass is 455 g/mol. The Morgan fingerprint density at radius 1 is 1.13 bits per heavy atom. The Bertz CT molecular complexity index is 1200. The van der Waals surface area contributed by atoms with Crippen molar-refractivity contribution in [3.63, 3.8) is 0 Å². The van der Waals surface area contributed by atoms with Crippen LogP contribution in [0.3, 0.4) is 0 Å². The number of nitrogens with one attached hydrogen (secondary N) is 1. The molecule has 0 radical (unpaired) electrons. The first kappa shape index (κ1) is 21.6. The highest BCUT2D eigenvalue weighted by Crippen LogP contribution is 2.33. The fourth-order valence-electron chi connectivity index (χ4n) is 3.81. The lowest BCUT2D eigenvalue weighted by molar-refractivity contribution is 0.0948. The van der Waals surface area contributed by atoms with Crippen molar-refractivity contribution in [3.05, 3.63) is 77.1 Å². The number of aryl methyl sites for hydroxylation is 1. The zero-order chi connectivity index (χ0) is 22.0. The second kappa shape index (κ2) is 8.88. The van der Waals surface area contributed by atoms with E-state index in [0.29, 0.717) is 18.5 Å². The summed E-state index contributed by atoms with van der Waals surface area (Å²) in [5.74, 6) is 0.225. The van der Waals surface area contributed by atoms with Gasteiger partial charge in [0.05, 0.1) is 28.5 Å². The van der Waals surface area contributed by atoms with E-state index in [2.05, 4.69) is 10.4 Å². The summed E-state index contributed by atoms with van der Waals surface area (Å²) >= 11 is 1.48. The highest BCUT2D eigenvalue weighted by molar-refractivity contribution is 8.02. The van der Waals surface area contributed by atoms with E-state index < -0.39 is 9.84 Å². The molecule has 3 aromatic rings. The lowest BCUT2D eigenvalue weighted by Gasteiger charge is -2.13. The Labute approximate surface area is 187 Å². The van der Waals surface area contributed by atoms with Crippen molar-refractivity contribution in [1.82, 2.24) is 15.1 Å². The maximum Gasteiger partial charge on any atom is 0.252 e. The molecule has 162 valence electrons. The minimum atomic E-state index is -2.96. The summed E-state index contributed by atoms with van der Waals surface area (Å²) in [6.45, 7) is 4.32. The van der Waals surface area contributed by atoms with Gasteiger partial charge in [0.25, 0.3) is 5.91 Å². The van der Waals surface area contributed by atoms with E-state index >= 15 is 0 Å². The molecule has 8 heteroatoms. The first-order chi connectivity index (χ1) is 14.8. The molecule has 1 N–H and O–H groups in total. The lowest BCUT2D eigenvalue weighted by Crippen LogP contribution is -2.24. The fraction of sp³-hybridized carbons (Fsp3) is 0.304. The molecule has 31 heavy (non-hydrogen) atoms. The molecule has 1 saturated heterocycles. The van der Waals surface area contributed by atoms with E-state index in [4.69, 9.17) is 0 Å². The van der Waals surface area contributed by atoms with Gasteiger partial charge >= 0.3 is 0 Å². The topological polar surface area (TPSA) is 81.1 Å². The van der Waals surface area contributed by atoms with Gasteiger partial charge in [0.1, 0.15) is 0 Å². The SMILES string of the molecule is Cc1nn(-c2ccccc2)c(C)c1CNC(=O)c1ccccc1SC1CCS(=O)(=O)C1. The number of sulfone groups is 1. The Morgan fingerprint density at radius 2 is 1.84 bits per heavy atom. The lowest BCUT2D eigenvalue weighted by atomic mass is 10.1. The molecule has 1 aromatic heterocycles. The Balaban J connectivity index is 1.48. The van der Waals surface area contributed by atoms with Crippen LogP contribution in [0.15, 0.2) is 59.5 Å². The van der Waals surface area contributed by atoms with Crippen molar-refractivity contribution < 1.29 is 13.2 Å². The number of benzene rings is 2. The Morgan fingerprint density at radius 3 is 2.55 bits per heavy atom. The zero-order valence-corrected chi connectivity index (χ0v) is 19.2. The largest absolute Gasteiger partial charge is 0.348 e. The number of hydrogen-bond acceptors (Lipinski definition) is 5. The average molecular weight is 456 g/mol. The molecule has 2 aromatic carbocycles. The number of nitrogens with zero attached hydrogens (tertiary/aromatic N) is 2. The van der Waals surface area contributed by atoms with E-state index in [-0.39, 0.29) is 22.7 Å².